The van der Waals surface area contributed by atoms with Gasteiger partial charge in [-0.05, 0) is 42.7 Å². The molecule has 0 fully saturated rings. The fourth-order valence-electron chi connectivity index (χ4n) is 3.25. The Hall–Kier alpha value is -3.19. The third-order valence-electron chi connectivity index (χ3n) is 4.74. The molecule has 7 heteroatoms. The molecule has 2 heterocycles. The highest BCUT2D eigenvalue weighted by Crippen LogP contribution is 2.27. The van der Waals surface area contributed by atoms with E-state index in [1.165, 1.54) is 16.8 Å². The number of aryl methyl sites for hydroxylation is 1. The number of methoxy groups -OCH3 is 1. The lowest BCUT2D eigenvalue weighted by Gasteiger charge is -2.04. The zero-order chi connectivity index (χ0) is 19.5. The predicted octanol–water partition coefficient (Wildman–Crippen LogP) is 3.57. The lowest BCUT2D eigenvalue weighted by molar-refractivity contribution is 0.201. The Morgan fingerprint density at radius 3 is 2.61 bits per heavy atom. The van der Waals surface area contributed by atoms with Gasteiger partial charge in [0.2, 0.25) is 11.8 Å². The number of hydrogen-bond acceptors (Lipinski definition) is 4. The number of halogens is 1. The fourth-order valence-corrected chi connectivity index (χ4v) is 3.25. The van der Waals surface area contributed by atoms with Gasteiger partial charge >= 0.3 is 0 Å². The fraction of sp³-hybridized carbons (Fsp3) is 0.238. The number of nitrogens with zero attached hydrogens (tertiary/aromatic N) is 3. The van der Waals surface area contributed by atoms with E-state index in [-0.39, 0.29) is 11.7 Å². The number of imidazole rings is 1. The largest absolute Gasteiger partial charge is 0.493 e. The van der Waals surface area contributed by atoms with Gasteiger partial charge in [0, 0.05) is 19.1 Å². The third kappa shape index (κ3) is 3.61. The summed E-state index contributed by atoms with van der Waals surface area (Å²) < 4.78 is 19.7. The normalized spacial score (nSPS) is 11.4. The number of aromatic hydroxyl groups is 1. The van der Waals surface area contributed by atoms with Gasteiger partial charge in [-0.3, -0.25) is 0 Å². The van der Waals surface area contributed by atoms with Crippen molar-refractivity contribution >= 4 is 11.0 Å². The summed E-state index contributed by atoms with van der Waals surface area (Å²) >= 11 is 0. The number of nitrogens with one attached hydrogen (secondary N) is 1. The average Bonchev–Trinajstić information content (AvgIpc) is 3.27. The summed E-state index contributed by atoms with van der Waals surface area (Å²) in [7, 11) is 1.63. The van der Waals surface area contributed by atoms with Gasteiger partial charge < -0.3 is 14.8 Å². The Labute approximate surface area is 161 Å². The van der Waals surface area contributed by atoms with Gasteiger partial charge in [0.25, 0.3) is 0 Å². The molecule has 2 aromatic carbocycles. The van der Waals surface area contributed by atoms with E-state index < -0.39 is 0 Å². The minimum atomic E-state index is -0.259. The molecular formula is C21H21FN4O2. The predicted molar refractivity (Wildman–Crippen MR) is 104 cm³/mol. The first-order valence-electron chi connectivity index (χ1n) is 9.14. The van der Waals surface area contributed by atoms with E-state index in [2.05, 4.69) is 15.1 Å². The smallest absolute Gasteiger partial charge is 0.232 e. The van der Waals surface area contributed by atoms with Crippen LogP contribution < -0.4 is 0 Å². The van der Waals surface area contributed by atoms with Crippen molar-refractivity contribution in [1.82, 2.24) is 19.7 Å². The third-order valence-corrected chi connectivity index (χ3v) is 4.74. The monoisotopic (exact) mass is 380 g/mol. The molecule has 0 bridgehead atoms. The number of H-pyrrole nitrogens is 1. The maximum Gasteiger partial charge on any atom is 0.232 e. The van der Waals surface area contributed by atoms with Gasteiger partial charge in [0.15, 0.2) is 0 Å². The first-order valence-corrected chi connectivity index (χ1v) is 9.14. The van der Waals surface area contributed by atoms with Crippen LogP contribution in [0.1, 0.15) is 16.8 Å². The van der Waals surface area contributed by atoms with Crippen molar-refractivity contribution in [1.29, 1.82) is 0 Å². The molecule has 0 radical (unpaired) electrons. The zero-order valence-electron chi connectivity index (χ0n) is 15.5. The van der Waals surface area contributed by atoms with Gasteiger partial charge in [0.1, 0.15) is 5.82 Å². The summed E-state index contributed by atoms with van der Waals surface area (Å²) in [5.74, 6) is 0.266. The van der Waals surface area contributed by atoms with Crippen molar-refractivity contribution in [3.63, 3.8) is 0 Å². The van der Waals surface area contributed by atoms with Gasteiger partial charge in [-0.2, -0.15) is 9.78 Å². The number of rotatable bonds is 7. The molecule has 0 saturated carbocycles. The van der Waals surface area contributed by atoms with Crippen LogP contribution in [0.4, 0.5) is 4.39 Å². The Morgan fingerprint density at radius 2 is 1.86 bits per heavy atom. The molecule has 6 nitrogen and oxygen atoms in total. The molecule has 4 rings (SSSR count). The van der Waals surface area contributed by atoms with Crippen LogP contribution in [0.15, 0.2) is 48.5 Å². The molecule has 0 aliphatic rings. The Kier molecular flexibility index (Phi) is 5.08. The first-order chi connectivity index (χ1) is 13.7. The number of aromatic amines is 1. The van der Waals surface area contributed by atoms with Crippen LogP contribution in [0.25, 0.3) is 17.0 Å². The summed E-state index contributed by atoms with van der Waals surface area (Å²) in [5, 5.41) is 15.4. The van der Waals surface area contributed by atoms with Crippen molar-refractivity contribution in [3.05, 3.63) is 71.2 Å². The topological polar surface area (TPSA) is 76.0 Å². The molecule has 144 valence electrons. The van der Waals surface area contributed by atoms with Crippen LogP contribution in [-0.2, 0) is 24.0 Å². The van der Waals surface area contributed by atoms with E-state index >= 15 is 0 Å². The minimum absolute atomic E-state index is 0.0623. The van der Waals surface area contributed by atoms with E-state index in [1.54, 1.807) is 19.2 Å². The van der Waals surface area contributed by atoms with E-state index in [0.717, 1.165) is 27.9 Å². The van der Waals surface area contributed by atoms with Crippen LogP contribution >= 0.6 is 0 Å². The second kappa shape index (κ2) is 7.82. The van der Waals surface area contributed by atoms with Crippen molar-refractivity contribution < 1.29 is 14.2 Å². The number of aromatic nitrogens is 4. The van der Waals surface area contributed by atoms with Gasteiger partial charge in [-0.25, -0.2) is 9.37 Å². The van der Waals surface area contributed by atoms with E-state index in [4.69, 9.17) is 4.74 Å². The van der Waals surface area contributed by atoms with E-state index in [0.29, 0.717) is 31.8 Å². The van der Waals surface area contributed by atoms with Crippen LogP contribution in [0.2, 0.25) is 0 Å². The van der Waals surface area contributed by atoms with Crippen LogP contribution in [0.3, 0.4) is 0 Å². The molecule has 0 saturated heterocycles. The molecule has 2 aromatic heterocycles. The van der Waals surface area contributed by atoms with Gasteiger partial charge in [0.05, 0.1) is 23.3 Å². The summed E-state index contributed by atoms with van der Waals surface area (Å²) in [4.78, 5) is 7.70. The lowest BCUT2D eigenvalue weighted by atomic mass is 10.0. The maximum absolute atomic E-state index is 13.1. The standard InChI is InChI=1S/C21H21FN4O2/c1-28-13-12-17-16(11-8-14-6-9-15(22)10-7-14)20(27)26(25-17)21-23-18-4-2-3-5-19(18)24-21/h2-7,9-10,27H,8,11-13H2,1H3,(H,23,24). The van der Waals surface area contributed by atoms with Crippen molar-refractivity contribution in [3.8, 4) is 11.8 Å². The number of fused-ring (bicyclic) bond motifs is 1. The van der Waals surface area contributed by atoms with Crippen LogP contribution in [0.5, 0.6) is 5.88 Å². The summed E-state index contributed by atoms with van der Waals surface area (Å²) in [5.41, 5.74) is 4.19. The SMILES string of the molecule is COCCc1nn(-c2nc3ccccc3[nH]2)c(O)c1CCc1ccc(F)cc1. The number of hydrogen-bond donors (Lipinski definition) is 2. The number of benzene rings is 2. The van der Waals surface area contributed by atoms with Crippen LogP contribution in [0, 0.1) is 5.82 Å². The van der Waals surface area contributed by atoms with Crippen molar-refractivity contribution in [2.45, 2.75) is 19.3 Å². The molecule has 0 unspecified atom stereocenters. The molecule has 0 aliphatic carbocycles. The minimum Gasteiger partial charge on any atom is -0.493 e. The van der Waals surface area contributed by atoms with Crippen molar-refractivity contribution in [2.75, 3.05) is 13.7 Å². The molecule has 2 N–H and O–H groups in total. The van der Waals surface area contributed by atoms with E-state index in [1.807, 2.05) is 24.3 Å². The molecule has 0 amide bonds. The summed E-state index contributed by atoms with van der Waals surface area (Å²) in [6.07, 6.45) is 1.83. The second-order valence-electron chi connectivity index (χ2n) is 6.61. The number of ether oxygens (including phenoxy) is 1. The molecule has 0 aliphatic heterocycles. The quantitative estimate of drug-likeness (QED) is 0.514. The maximum atomic E-state index is 13.1. The highest BCUT2D eigenvalue weighted by Gasteiger charge is 2.20. The Morgan fingerprint density at radius 1 is 1.07 bits per heavy atom. The summed E-state index contributed by atoms with van der Waals surface area (Å²) in [6.45, 7) is 0.500. The highest BCUT2D eigenvalue weighted by molar-refractivity contribution is 5.76. The second-order valence-corrected chi connectivity index (χ2v) is 6.61. The van der Waals surface area contributed by atoms with Gasteiger partial charge in [-0.15, -0.1) is 0 Å². The summed E-state index contributed by atoms with van der Waals surface area (Å²) in [6, 6.07) is 14.1. The number of para-hydroxylation sites is 2. The van der Waals surface area contributed by atoms with Crippen molar-refractivity contribution in [2.24, 2.45) is 0 Å². The molecule has 0 atom stereocenters. The highest BCUT2D eigenvalue weighted by atomic mass is 19.1. The lowest BCUT2D eigenvalue weighted by Crippen LogP contribution is -2.01. The van der Waals surface area contributed by atoms with E-state index in [9.17, 15) is 9.50 Å². The molecule has 0 spiro atoms. The molecular weight excluding hydrogens is 359 g/mol. The average molecular weight is 380 g/mol. The molecule has 28 heavy (non-hydrogen) atoms. The Balaban J connectivity index is 1.66. The molecule has 4 aromatic rings. The Bertz CT molecular complexity index is 1050. The first kappa shape index (κ1) is 18.2. The van der Waals surface area contributed by atoms with Crippen LogP contribution in [-0.4, -0.2) is 38.6 Å². The van der Waals surface area contributed by atoms with Gasteiger partial charge in [-0.1, -0.05) is 24.3 Å². The zero-order valence-corrected chi connectivity index (χ0v) is 15.5.